The summed E-state index contributed by atoms with van der Waals surface area (Å²) in [6.45, 7) is 2.32. The minimum Gasteiger partial charge on any atom is -0.466 e. The number of ether oxygens (including phenoxy) is 2. The fourth-order valence-electron chi connectivity index (χ4n) is 2.99. The number of rotatable bonds is 4. The Labute approximate surface area is 118 Å². The number of hydrogen-bond acceptors (Lipinski definition) is 3. The molecule has 2 fully saturated rings. The molecule has 2 aliphatic carbocycles. The second-order valence-corrected chi connectivity index (χ2v) is 6.55. The molecule has 0 aromatic carbocycles. The molecule has 0 saturated heterocycles. The number of carbonyl (C=O) groups excluding carboxylic acids is 1. The maximum absolute atomic E-state index is 11.7. The lowest BCUT2D eigenvalue weighted by atomic mass is 9.97. The molecule has 2 rings (SSSR count). The van der Waals surface area contributed by atoms with Crippen LogP contribution in [0.15, 0.2) is 0 Å². The molecule has 2 saturated carbocycles. The smallest absolute Gasteiger partial charge is 0.309 e. The highest BCUT2D eigenvalue weighted by atomic mass is 79.9. The second-order valence-electron chi connectivity index (χ2n) is 5.37. The van der Waals surface area contributed by atoms with Crippen molar-refractivity contribution >= 4 is 21.9 Å². The molecule has 2 aliphatic rings. The molecule has 0 radical (unpaired) electrons. The molecule has 3 unspecified atom stereocenters. The van der Waals surface area contributed by atoms with E-state index in [9.17, 15) is 4.79 Å². The quantitative estimate of drug-likeness (QED) is 0.588. The molecule has 0 bridgehead atoms. The van der Waals surface area contributed by atoms with Crippen LogP contribution in [0.5, 0.6) is 0 Å². The molecule has 4 heteroatoms. The molecule has 3 nitrogen and oxygen atoms in total. The van der Waals surface area contributed by atoms with Crippen molar-refractivity contribution in [2.24, 2.45) is 5.92 Å². The van der Waals surface area contributed by atoms with Crippen LogP contribution in [0, 0.1) is 5.92 Å². The lowest BCUT2D eigenvalue weighted by Crippen LogP contribution is -2.27. The Bertz CT molecular complexity index is 276. The van der Waals surface area contributed by atoms with Gasteiger partial charge < -0.3 is 9.47 Å². The van der Waals surface area contributed by atoms with Gasteiger partial charge in [-0.2, -0.15) is 0 Å². The first-order chi connectivity index (χ1) is 8.70. The summed E-state index contributed by atoms with van der Waals surface area (Å²) >= 11 is 3.66. The Morgan fingerprint density at radius 1 is 1.22 bits per heavy atom. The first-order valence-electron chi connectivity index (χ1n) is 7.17. The monoisotopic (exact) mass is 318 g/mol. The Morgan fingerprint density at radius 2 is 1.94 bits per heavy atom. The normalized spacial score (nSPS) is 33.6. The van der Waals surface area contributed by atoms with E-state index in [2.05, 4.69) is 15.9 Å². The molecule has 0 heterocycles. The van der Waals surface area contributed by atoms with Crippen LogP contribution in [0.4, 0.5) is 0 Å². The van der Waals surface area contributed by atoms with Gasteiger partial charge in [-0.25, -0.2) is 0 Å². The summed E-state index contributed by atoms with van der Waals surface area (Å²) < 4.78 is 11.3. The van der Waals surface area contributed by atoms with Gasteiger partial charge in [0, 0.05) is 4.83 Å². The zero-order chi connectivity index (χ0) is 13.0. The summed E-state index contributed by atoms with van der Waals surface area (Å²) in [6.07, 6.45) is 8.51. The van der Waals surface area contributed by atoms with Crippen molar-refractivity contribution < 1.29 is 14.3 Å². The second kappa shape index (κ2) is 6.90. The van der Waals surface area contributed by atoms with E-state index < -0.39 is 0 Å². The lowest BCUT2D eigenvalue weighted by Gasteiger charge is -2.27. The SMILES string of the molecule is CCOC(=O)C1CC(Br)C(OC2CCCCC2)C1. The van der Waals surface area contributed by atoms with Crippen LogP contribution in [0.3, 0.4) is 0 Å². The van der Waals surface area contributed by atoms with Crippen molar-refractivity contribution in [2.75, 3.05) is 6.61 Å². The number of carbonyl (C=O) groups is 1. The summed E-state index contributed by atoms with van der Waals surface area (Å²) in [5, 5.41) is 0. The minimum absolute atomic E-state index is 0.0166. The average molecular weight is 319 g/mol. The number of alkyl halides is 1. The molecule has 0 amide bonds. The van der Waals surface area contributed by atoms with Crippen molar-refractivity contribution in [1.29, 1.82) is 0 Å². The Balaban J connectivity index is 1.81. The molecule has 0 aromatic heterocycles. The lowest BCUT2D eigenvalue weighted by molar-refractivity contribution is -0.148. The van der Waals surface area contributed by atoms with Crippen LogP contribution >= 0.6 is 15.9 Å². The van der Waals surface area contributed by atoms with E-state index >= 15 is 0 Å². The van der Waals surface area contributed by atoms with Gasteiger partial charge in [-0.05, 0) is 32.6 Å². The highest BCUT2D eigenvalue weighted by molar-refractivity contribution is 9.09. The van der Waals surface area contributed by atoms with E-state index in [-0.39, 0.29) is 18.0 Å². The van der Waals surface area contributed by atoms with E-state index in [1.807, 2.05) is 6.92 Å². The molecule has 0 spiro atoms. The van der Waals surface area contributed by atoms with Gasteiger partial charge in [0.25, 0.3) is 0 Å². The predicted octanol–water partition coefficient (Wildman–Crippen LogP) is 3.44. The average Bonchev–Trinajstić information content (AvgIpc) is 2.73. The van der Waals surface area contributed by atoms with Crippen LogP contribution in [0.2, 0.25) is 0 Å². The molecular weight excluding hydrogens is 296 g/mol. The molecule has 0 aromatic rings. The standard InChI is InChI=1S/C14H23BrO3/c1-2-17-14(16)10-8-12(15)13(9-10)18-11-6-4-3-5-7-11/h10-13H,2-9H2,1H3. The van der Waals surface area contributed by atoms with Gasteiger partial charge in [-0.3, -0.25) is 4.79 Å². The van der Waals surface area contributed by atoms with Gasteiger partial charge in [0.1, 0.15) is 0 Å². The highest BCUT2D eigenvalue weighted by Crippen LogP contribution is 2.36. The summed E-state index contributed by atoms with van der Waals surface area (Å²) in [7, 11) is 0. The van der Waals surface area contributed by atoms with Crippen molar-refractivity contribution in [3.63, 3.8) is 0 Å². The Kier molecular flexibility index (Phi) is 5.49. The summed E-state index contributed by atoms with van der Waals surface area (Å²) in [6, 6.07) is 0. The van der Waals surface area contributed by atoms with Gasteiger partial charge in [0.15, 0.2) is 0 Å². The van der Waals surface area contributed by atoms with E-state index in [1.165, 1.54) is 32.1 Å². The molecule has 104 valence electrons. The van der Waals surface area contributed by atoms with Crippen LogP contribution in [-0.2, 0) is 14.3 Å². The fourth-order valence-corrected chi connectivity index (χ4v) is 3.78. The maximum atomic E-state index is 11.7. The number of hydrogen-bond donors (Lipinski definition) is 0. The van der Waals surface area contributed by atoms with E-state index in [0.29, 0.717) is 17.5 Å². The highest BCUT2D eigenvalue weighted by Gasteiger charge is 2.39. The Hall–Kier alpha value is -0.0900. The van der Waals surface area contributed by atoms with Crippen LogP contribution < -0.4 is 0 Å². The number of halogens is 1. The largest absolute Gasteiger partial charge is 0.466 e. The summed E-state index contributed by atoms with van der Waals surface area (Å²) in [5.41, 5.74) is 0. The van der Waals surface area contributed by atoms with E-state index in [1.54, 1.807) is 0 Å². The molecule has 0 aliphatic heterocycles. The zero-order valence-corrected chi connectivity index (χ0v) is 12.7. The van der Waals surface area contributed by atoms with Crippen molar-refractivity contribution in [3.8, 4) is 0 Å². The molecule has 18 heavy (non-hydrogen) atoms. The van der Waals surface area contributed by atoms with E-state index in [0.717, 1.165) is 12.8 Å². The van der Waals surface area contributed by atoms with Gasteiger partial charge >= 0.3 is 5.97 Å². The number of esters is 1. The predicted molar refractivity (Wildman–Crippen MR) is 73.8 cm³/mol. The minimum atomic E-state index is -0.0586. The van der Waals surface area contributed by atoms with Gasteiger partial charge in [-0.15, -0.1) is 0 Å². The summed E-state index contributed by atoms with van der Waals surface area (Å²) in [4.78, 5) is 12.0. The van der Waals surface area contributed by atoms with Gasteiger partial charge in [0.2, 0.25) is 0 Å². The fraction of sp³-hybridized carbons (Fsp3) is 0.929. The van der Waals surface area contributed by atoms with Crippen molar-refractivity contribution in [3.05, 3.63) is 0 Å². The first-order valence-corrected chi connectivity index (χ1v) is 8.08. The van der Waals surface area contributed by atoms with Crippen LogP contribution in [0.1, 0.15) is 51.9 Å². The topological polar surface area (TPSA) is 35.5 Å². The van der Waals surface area contributed by atoms with Crippen LogP contribution in [-0.4, -0.2) is 29.6 Å². The molecular formula is C14H23BrO3. The zero-order valence-electron chi connectivity index (χ0n) is 11.1. The molecule has 3 atom stereocenters. The first kappa shape index (κ1) is 14.3. The third kappa shape index (κ3) is 3.70. The van der Waals surface area contributed by atoms with Gasteiger partial charge in [0.05, 0.1) is 24.7 Å². The third-order valence-electron chi connectivity index (χ3n) is 3.97. The van der Waals surface area contributed by atoms with Crippen LogP contribution in [0.25, 0.3) is 0 Å². The van der Waals surface area contributed by atoms with Crippen molar-refractivity contribution in [1.82, 2.24) is 0 Å². The maximum Gasteiger partial charge on any atom is 0.309 e. The van der Waals surface area contributed by atoms with E-state index in [4.69, 9.17) is 9.47 Å². The molecule has 0 N–H and O–H groups in total. The van der Waals surface area contributed by atoms with Crippen molar-refractivity contribution in [2.45, 2.75) is 68.9 Å². The van der Waals surface area contributed by atoms with Gasteiger partial charge in [-0.1, -0.05) is 35.2 Å². The summed E-state index contributed by atoms with van der Waals surface area (Å²) in [5.74, 6) is -0.0420. The third-order valence-corrected chi connectivity index (χ3v) is 4.93. The Morgan fingerprint density at radius 3 is 2.61 bits per heavy atom.